The molecular weight excluding hydrogens is 296 g/mol. The van der Waals surface area contributed by atoms with Crippen LogP contribution >= 0.6 is 11.8 Å². The second-order valence-electron chi connectivity index (χ2n) is 4.92. The van der Waals surface area contributed by atoms with E-state index < -0.39 is 0 Å². The molecule has 0 unspecified atom stereocenters. The Morgan fingerprint density at radius 1 is 1.32 bits per heavy atom. The maximum Gasteiger partial charge on any atom is 0.274 e. The Bertz CT molecular complexity index is 697. The SMILES string of the molecule is CCCc1cc(=O)nc(N)n1C(=N)SCCc1ccccc1. The molecule has 0 bridgehead atoms. The Morgan fingerprint density at radius 3 is 2.73 bits per heavy atom. The lowest BCUT2D eigenvalue weighted by Gasteiger charge is -2.15. The lowest BCUT2D eigenvalue weighted by molar-refractivity contribution is 0.835. The second-order valence-corrected chi connectivity index (χ2v) is 6.00. The number of thioether (sulfide) groups is 1. The minimum atomic E-state index is -0.348. The van der Waals surface area contributed by atoms with Crippen molar-refractivity contribution in [1.82, 2.24) is 9.55 Å². The molecule has 2 aromatic rings. The molecule has 5 nitrogen and oxygen atoms in total. The maximum atomic E-state index is 11.5. The van der Waals surface area contributed by atoms with Crippen LogP contribution in [-0.2, 0) is 12.8 Å². The number of anilines is 1. The molecular formula is C16H20N4OS. The van der Waals surface area contributed by atoms with E-state index in [1.165, 1.54) is 23.4 Å². The average molecular weight is 316 g/mol. The van der Waals surface area contributed by atoms with Crippen molar-refractivity contribution in [2.45, 2.75) is 26.2 Å². The van der Waals surface area contributed by atoms with Crippen molar-refractivity contribution in [3.8, 4) is 0 Å². The molecule has 0 radical (unpaired) electrons. The summed E-state index contributed by atoms with van der Waals surface area (Å²) in [6.45, 7) is 2.03. The molecule has 1 aromatic carbocycles. The van der Waals surface area contributed by atoms with Crippen molar-refractivity contribution in [2.24, 2.45) is 0 Å². The van der Waals surface area contributed by atoms with Gasteiger partial charge in [0.15, 0.2) is 5.17 Å². The van der Waals surface area contributed by atoms with Gasteiger partial charge in [-0.3, -0.25) is 14.8 Å². The third kappa shape index (κ3) is 4.21. The highest BCUT2D eigenvalue weighted by molar-refractivity contribution is 8.13. The molecule has 6 heteroatoms. The van der Waals surface area contributed by atoms with E-state index in [4.69, 9.17) is 11.1 Å². The van der Waals surface area contributed by atoms with Crippen molar-refractivity contribution in [1.29, 1.82) is 5.41 Å². The van der Waals surface area contributed by atoms with E-state index in [1.54, 1.807) is 4.57 Å². The number of rotatable bonds is 5. The highest BCUT2D eigenvalue weighted by Crippen LogP contribution is 2.14. The monoisotopic (exact) mass is 316 g/mol. The molecule has 0 saturated heterocycles. The summed E-state index contributed by atoms with van der Waals surface area (Å²) in [7, 11) is 0. The van der Waals surface area contributed by atoms with Crippen LogP contribution in [0.1, 0.15) is 24.6 Å². The number of nitrogens with one attached hydrogen (secondary N) is 1. The largest absolute Gasteiger partial charge is 0.369 e. The van der Waals surface area contributed by atoms with Crippen LogP contribution in [0.5, 0.6) is 0 Å². The number of benzene rings is 1. The fourth-order valence-corrected chi connectivity index (χ4v) is 3.07. The minimum Gasteiger partial charge on any atom is -0.369 e. The molecule has 2 rings (SSSR count). The van der Waals surface area contributed by atoms with Crippen LogP contribution in [0, 0.1) is 5.41 Å². The van der Waals surface area contributed by atoms with Gasteiger partial charge in [0.1, 0.15) is 0 Å². The Balaban J connectivity index is 2.07. The quantitative estimate of drug-likeness (QED) is 0.656. The molecule has 22 heavy (non-hydrogen) atoms. The van der Waals surface area contributed by atoms with Crippen LogP contribution in [0.25, 0.3) is 0 Å². The van der Waals surface area contributed by atoms with E-state index in [0.29, 0.717) is 11.6 Å². The lowest BCUT2D eigenvalue weighted by Crippen LogP contribution is -2.24. The lowest BCUT2D eigenvalue weighted by atomic mass is 10.2. The third-order valence-electron chi connectivity index (χ3n) is 3.21. The molecule has 3 N–H and O–H groups in total. The first-order valence-corrected chi connectivity index (χ1v) is 8.24. The molecule has 0 fully saturated rings. The molecule has 0 saturated carbocycles. The fraction of sp³-hybridized carbons (Fsp3) is 0.312. The summed E-state index contributed by atoms with van der Waals surface area (Å²) in [5.74, 6) is 0.869. The summed E-state index contributed by atoms with van der Waals surface area (Å²) in [6.07, 6.45) is 2.46. The standard InChI is InChI=1S/C16H20N4OS/c1-2-6-13-11-14(21)19-15(17)20(13)16(18)22-10-9-12-7-4-3-5-8-12/h3-5,7-8,11,18H,2,6,9-10H2,1H3,(H2,17,19,21). The summed E-state index contributed by atoms with van der Waals surface area (Å²) >= 11 is 1.41. The van der Waals surface area contributed by atoms with Gasteiger partial charge in [-0.15, -0.1) is 0 Å². The molecule has 0 aliphatic heterocycles. The average Bonchev–Trinajstić information content (AvgIpc) is 2.48. The maximum absolute atomic E-state index is 11.5. The third-order valence-corrected chi connectivity index (χ3v) is 4.08. The van der Waals surface area contributed by atoms with Crippen molar-refractivity contribution < 1.29 is 0 Å². The number of nitrogens with two attached hydrogens (primary N) is 1. The zero-order chi connectivity index (χ0) is 15.9. The van der Waals surface area contributed by atoms with Gasteiger partial charge < -0.3 is 5.73 Å². The number of aryl methyl sites for hydroxylation is 2. The number of hydrogen-bond acceptors (Lipinski definition) is 5. The van der Waals surface area contributed by atoms with E-state index in [-0.39, 0.29) is 11.5 Å². The first kappa shape index (κ1) is 16.3. The molecule has 1 aromatic heterocycles. The summed E-state index contributed by atoms with van der Waals surface area (Å²) in [6, 6.07) is 11.6. The Hall–Kier alpha value is -2.08. The molecule has 0 atom stereocenters. The topological polar surface area (TPSA) is 84.8 Å². The Kier molecular flexibility index (Phi) is 5.77. The summed E-state index contributed by atoms with van der Waals surface area (Å²) in [4.78, 5) is 15.2. The second kappa shape index (κ2) is 7.79. The number of aromatic nitrogens is 2. The summed E-state index contributed by atoms with van der Waals surface area (Å²) in [5, 5.41) is 8.54. The van der Waals surface area contributed by atoms with Crippen LogP contribution in [0.3, 0.4) is 0 Å². The van der Waals surface area contributed by atoms with Crippen molar-refractivity contribution in [2.75, 3.05) is 11.5 Å². The van der Waals surface area contributed by atoms with E-state index in [0.717, 1.165) is 24.3 Å². The number of nitrogens with zero attached hydrogens (tertiary/aromatic N) is 2. The predicted octanol–water partition coefficient (Wildman–Crippen LogP) is 2.54. The van der Waals surface area contributed by atoms with Crippen molar-refractivity contribution >= 4 is 22.9 Å². The zero-order valence-corrected chi connectivity index (χ0v) is 13.4. The van der Waals surface area contributed by atoms with Gasteiger partial charge >= 0.3 is 0 Å². The molecule has 116 valence electrons. The van der Waals surface area contributed by atoms with Crippen molar-refractivity contribution in [3.63, 3.8) is 0 Å². The smallest absolute Gasteiger partial charge is 0.274 e. The van der Waals surface area contributed by atoms with Crippen LogP contribution in [0.2, 0.25) is 0 Å². The van der Waals surface area contributed by atoms with Crippen LogP contribution in [0.15, 0.2) is 41.2 Å². The van der Waals surface area contributed by atoms with E-state index >= 15 is 0 Å². The molecule has 0 spiro atoms. The predicted molar refractivity (Wildman–Crippen MR) is 92.6 cm³/mol. The van der Waals surface area contributed by atoms with E-state index in [2.05, 4.69) is 17.1 Å². The van der Waals surface area contributed by atoms with Gasteiger partial charge in [-0.25, -0.2) is 0 Å². The molecule has 0 aliphatic carbocycles. The van der Waals surface area contributed by atoms with Gasteiger partial charge in [0.05, 0.1) is 0 Å². The molecule has 0 aliphatic rings. The van der Waals surface area contributed by atoms with Crippen molar-refractivity contribution in [3.05, 3.63) is 58.0 Å². The summed E-state index contributed by atoms with van der Waals surface area (Å²) in [5.41, 5.74) is 7.47. The molecule has 1 heterocycles. The van der Waals surface area contributed by atoms with E-state index in [9.17, 15) is 4.79 Å². The first-order chi connectivity index (χ1) is 10.6. The van der Waals surface area contributed by atoms with Gasteiger partial charge in [0.25, 0.3) is 5.56 Å². The Morgan fingerprint density at radius 2 is 2.05 bits per heavy atom. The fourth-order valence-electron chi connectivity index (χ4n) is 2.20. The van der Waals surface area contributed by atoms with Gasteiger partial charge in [-0.1, -0.05) is 55.4 Å². The summed E-state index contributed by atoms with van der Waals surface area (Å²) < 4.78 is 1.57. The minimum absolute atomic E-state index is 0.0909. The highest BCUT2D eigenvalue weighted by atomic mass is 32.2. The van der Waals surface area contributed by atoms with Gasteiger partial charge in [-0.2, -0.15) is 4.98 Å². The van der Waals surface area contributed by atoms with Crippen LogP contribution in [-0.4, -0.2) is 20.5 Å². The number of nitrogen functional groups attached to an aromatic ring is 1. The first-order valence-electron chi connectivity index (χ1n) is 7.26. The highest BCUT2D eigenvalue weighted by Gasteiger charge is 2.11. The van der Waals surface area contributed by atoms with E-state index in [1.807, 2.05) is 25.1 Å². The Labute approximate surface area is 134 Å². The zero-order valence-electron chi connectivity index (χ0n) is 12.6. The van der Waals surface area contributed by atoms with Crippen LogP contribution in [0.4, 0.5) is 5.95 Å². The van der Waals surface area contributed by atoms with Gasteiger partial charge in [0.2, 0.25) is 5.95 Å². The number of hydrogen-bond donors (Lipinski definition) is 2. The van der Waals surface area contributed by atoms with Crippen LogP contribution < -0.4 is 11.3 Å². The normalized spacial score (nSPS) is 10.6. The molecule has 0 amide bonds. The van der Waals surface area contributed by atoms with Gasteiger partial charge in [0, 0.05) is 17.5 Å². The van der Waals surface area contributed by atoms with Gasteiger partial charge in [-0.05, 0) is 18.4 Å².